The van der Waals surface area contributed by atoms with Crippen molar-refractivity contribution in [2.45, 2.75) is 6.92 Å². The maximum absolute atomic E-state index is 12.5. The van der Waals surface area contributed by atoms with E-state index in [0.717, 1.165) is 0 Å². The van der Waals surface area contributed by atoms with E-state index in [1.54, 1.807) is 48.5 Å². The summed E-state index contributed by atoms with van der Waals surface area (Å²) < 4.78 is 5.38. The molecule has 0 unspecified atom stereocenters. The van der Waals surface area contributed by atoms with Crippen molar-refractivity contribution in [2.75, 3.05) is 18.5 Å². The molecular weight excluding hydrogens is 356 g/mol. The van der Waals surface area contributed by atoms with Crippen LogP contribution in [0, 0.1) is 0 Å². The number of anilines is 1. The molecule has 136 valence electrons. The molecule has 2 aromatic carbocycles. The first kappa shape index (κ1) is 19.5. The van der Waals surface area contributed by atoms with Gasteiger partial charge in [0.15, 0.2) is 0 Å². The average Bonchev–Trinajstić information content (AvgIpc) is 2.62. The lowest BCUT2D eigenvalue weighted by molar-refractivity contribution is -0.112. The van der Waals surface area contributed by atoms with E-state index < -0.39 is 5.91 Å². The van der Waals surface area contributed by atoms with Crippen LogP contribution in [0.4, 0.5) is 11.4 Å². The Kier molecular flexibility index (Phi) is 7.20. The molecule has 3 N–H and O–H groups in total. The van der Waals surface area contributed by atoms with Gasteiger partial charge in [-0.15, -0.1) is 0 Å². The number of halogens is 1. The summed E-state index contributed by atoms with van der Waals surface area (Å²) in [4.78, 5) is 16.7. The number of carbonyl (C=O) groups is 1. The van der Waals surface area contributed by atoms with Crippen molar-refractivity contribution in [3.8, 4) is 5.75 Å². The number of nitrogens with zero attached hydrogens (tertiary/aromatic N) is 1. The molecule has 0 aromatic heterocycles. The molecule has 0 radical (unpaired) electrons. The summed E-state index contributed by atoms with van der Waals surface area (Å²) in [5.74, 6) is -0.333. The van der Waals surface area contributed by atoms with Gasteiger partial charge in [-0.1, -0.05) is 35.9 Å². The minimum atomic E-state index is -0.555. The summed E-state index contributed by atoms with van der Waals surface area (Å²) in [5.41, 5.74) is 0.880. The zero-order chi connectivity index (χ0) is 18.9. The van der Waals surface area contributed by atoms with Crippen molar-refractivity contribution < 1.29 is 19.7 Å². The van der Waals surface area contributed by atoms with E-state index in [0.29, 0.717) is 22.1 Å². The van der Waals surface area contributed by atoms with Crippen molar-refractivity contribution in [2.24, 2.45) is 4.99 Å². The highest BCUT2D eigenvalue weighted by Crippen LogP contribution is 2.25. The van der Waals surface area contributed by atoms with Crippen molar-refractivity contribution in [3.05, 3.63) is 64.9 Å². The van der Waals surface area contributed by atoms with Crippen LogP contribution < -0.4 is 10.1 Å². The quantitative estimate of drug-likeness (QED) is 0.389. The Morgan fingerprint density at radius 3 is 2.62 bits per heavy atom. The number of hydrogen-bond donors (Lipinski definition) is 3. The smallest absolute Gasteiger partial charge is 0.260 e. The van der Waals surface area contributed by atoms with Crippen molar-refractivity contribution in [1.82, 2.24) is 0 Å². The molecule has 0 aliphatic heterocycles. The van der Waals surface area contributed by atoms with Crippen molar-refractivity contribution in [3.63, 3.8) is 0 Å². The Morgan fingerprint density at radius 1 is 1.23 bits per heavy atom. The largest absolute Gasteiger partial charge is 0.512 e. The molecule has 7 heteroatoms. The van der Waals surface area contributed by atoms with E-state index in [9.17, 15) is 9.90 Å². The van der Waals surface area contributed by atoms with Gasteiger partial charge >= 0.3 is 0 Å². The number of benzene rings is 2. The molecule has 0 saturated heterocycles. The molecule has 2 aromatic rings. The van der Waals surface area contributed by atoms with Crippen molar-refractivity contribution >= 4 is 35.1 Å². The third kappa shape index (κ3) is 5.34. The van der Waals surface area contributed by atoms with Crippen LogP contribution >= 0.6 is 11.6 Å². The molecule has 0 heterocycles. The van der Waals surface area contributed by atoms with Gasteiger partial charge < -0.3 is 20.3 Å². The van der Waals surface area contributed by atoms with Gasteiger partial charge in [0.25, 0.3) is 5.91 Å². The van der Waals surface area contributed by atoms with Crippen LogP contribution in [0.25, 0.3) is 0 Å². The van der Waals surface area contributed by atoms with E-state index in [1.807, 2.05) is 0 Å². The number of amides is 1. The lowest BCUT2D eigenvalue weighted by Gasteiger charge is -2.12. The molecule has 26 heavy (non-hydrogen) atoms. The minimum Gasteiger partial charge on any atom is -0.512 e. The van der Waals surface area contributed by atoms with Gasteiger partial charge in [0.1, 0.15) is 18.1 Å². The standard InChI is InChI=1S/C19H19ClN2O4/c1-13(24)14(12-21-16-7-3-2-6-15(16)20)19(25)22-17-8-4-5-9-18(17)26-11-10-23/h2-9,12,23-24H,10-11H2,1H3,(H,22,25). The lowest BCUT2D eigenvalue weighted by Crippen LogP contribution is -2.17. The van der Waals surface area contributed by atoms with Crippen LogP contribution in [-0.4, -0.2) is 35.5 Å². The van der Waals surface area contributed by atoms with Crippen molar-refractivity contribution in [1.29, 1.82) is 0 Å². The van der Waals surface area contributed by atoms with Crippen LogP contribution in [0.5, 0.6) is 5.75 Å². The fourth-order valence-corrected chi connectivity index (χ4v) is 2.23. The van der Waals surface area contributed by atoms with E-state index in [-0.39, 0.29) is 24.5 Å². The first-order valence-electron chi connectivity index (χ1n) is 7.85. The van der Waals surface area contributed by atoms with Crippen LogP contribution in [-0.2, 0) is 4.79 Å². The monoisotopic (exact) mass is 374 g/mol. The molecule has 0 bridgehead atoms. The Labute approximate surface area is 156 Å². The topological polar surface area (TPSA) is 91.2 Å². The van der Waals surface area contributed by atoms with Gasteiger partial charge in [-0.3, -0.25) is 9.79 Å². The number of ether oxygens (including phenoxy) is 1. The normalized spacial score (nSPS) is 12.0. The minimum absolute atomic E-state index is 0.0121. The SMILES string of the molecule is CC(O)=C(C=Nc1ccccc1Cl)C(=O)Nc1ccccc1OCCO. The molecule has 0 spiro atoms. The zero-order valence-electron chi connectivity index (χ0n) is 14.1. The van der Waals surface area contributed by atoms with Gasteiger partial charge in [0, 0.05) is 6.21 Å². The van der Waals surface area contributed by atoms with Gasteiger partial charge in [-0.2, -0.15) is 0 Å². The Morgan fingerprint density at radius 2 is 1.92 bits per heavy atom. The molecular formula is C19H19ClN2O4. The highest BCUT2D eigenvalue weighted by atomic mass is 35.5. The van der Waals surface area contributed by atoms with Crippen LogP contribution in [0.15, 0.2) is 64.9 Å². The van der Waals surface area contributed by atoms with Gasteiger partial charge in [-0.05, 0) is 31.2 Å². The molecule has 0 aliphatic carbocycles. The number of aliphatic hydroxyl groups excluding tert-OH is 2. The third-order valence-electron chi connectivity index (χ3n) is 3.30. The Balaban J connectivity index is 2.21. The number of hydrogen-bond acceptors (Lipinski definition) is 5. The first-order chi connectivity index (χ1) is 12.5. The van der Waals surface area contributed by atoms with Gasteiger partial charge in [-0.25, -0.2) is 0 Å². The molecule has 0 fully saturated rings. The first-order valence-corrected chi connectivity index (χ1v) is 8.23. The van der Waals surface area contributed by atoms with Crippen LogP contribution in [0.1, 0.15) is 6.92 Å². The van der Waals surface area contributed by atoms with Gasteiger partial charge in [0.05, 0.1) is 28.6 Å². The second-order valence-electron chi connectivity index (χ2n) is 5.23. The Hall–Kier alpha value is -2.83. The number of aliphatic hydroxyl groups is 2. The summed E-state index contributed by atoms with van der Waals surface area (Å²) in [6.07, 6.45) is 1.25. The third-order valence-corrected chi connectivity index (χ3v) is 3.62. The summed E-state index contributed by atoms with van der Waals surface area (Å²) >= 11 is 6.04. The number of para-hydroxylation sites is 3. The summed E-state index contributed by atoms with van der Waals surface area (Å²) in [6, 6.07) is 13.7. The molecule has 0 aliphatic rings. The van der Waals surface area contributed by atoms with E-state index >= 15 is 0 Å². The van der Waals surface area contributed by atoms with E-state index in [1.165, 1.54) is 13.1 Å². The number of carbonyl (C=O) groups excluding carboxylic acids is 1. The molecule has 0 saturated carbocycles. The number of allylic oxidation sites excluding steroid dienone is 1. The maximum Gasteiger partial charge on any atom is 0.260 e. The second kappa shape index (κ2) is 9.60. The number of aliphatic imine (C=N–C) groups is 1. The maximum atomic E-state index is 12.5. The van der Waals surface area contributed by atoms with E-state index in [4.69, 9.17) is 21.4 Å². The summed E-state index contributed by atoms with van der Waals surface area (Å²) in [6.45, 7) is 1.35. The summed E-state index contributed by atoms with van der Waals surface area (Å²) in [7, 11) is 0. The van der Waals surface area contributed by atoms with Crippen LogP contribution in [0.2, 0.25) is 5.02 Å². The molecule has 6 nitrogen and oxygen atoms in total. The molecule has 1 amide bonds. The predicted molar refractivity (Wildman–Crippen MR) is 103 cm³/mol. The highest BCUT2D eigenvalue weighted by molar-refractivity contribution is 6.33. The average molecular weight is 375 g/mol. The van der Waals surface area contributed by atoms with E-state index in [2.05, 4.69) is 10.3 Å². The predicted octanol–water partition coefficient (Wildman–Crippen LogP) is 3.88. The van der Waals surface area contributed by atoms with Gasteiger partial charge in [0.2, 0.25) is 0 Å². The molecule has 2 rings (SSSR count). The number of nitrogens with one attached hydrogen (secondary N) is 1. The highest BCUT2D eigenvalue weighted by Gasteiger charge is 2.14. The summed E-state index contributed by atoms with van der Waals surface area (Å²) in [5, 5.41) is 21.8. The number of rotatable bonds is 7. The molecule has 0 atom stereocenters. The Bertz CT molecular complexity index is 830. The zero-order valence-corrected chi connectivity index (χ0v) is 14.9. The fraction of sp³-hybridized carbons (Fsp3) is 0.158. The lowest BCUT2D eigenvalue weighted by atomic mass is 10.2. The second-order valence-corrected chi connectivity index (χ2v) is 5.64. The fourth-order valence-electron chi connectivity index (χ4n) is 2.05. The van der Waals surface area contributed by atoms with Crippen LogP contribution in [0.3, 0.4) is 0 Å².